The Morgan fingerprint density at radius 1 is 1.00 bits per heavy atom. The second-order valence-corrected chi connectivity index (χ2v) is 5.10. The normalized spacial score (nSPS) is 9.10. The van der Waals surface area contributed by atoms with Gasteiger partial charge in [0, 0.05) is 5.30 Å². The molecule has 0 amide bonds. The Hall–Kier alpha value is 1.23. The third-order valence-corrected chi connectivity index (χ3v) is 2.81. The van der Waals surface area contributed by atoms with Crippen LogP contribution in [0.1, 0.15) is 0 Å². The average molecular weight is 203 g/mol. The maximum atomic E-state index is 5.63. The van der Waals surface area contributed by atoms with E-state index in [1.54, 1.807) is 0 Å². The summed E-state index contributed by atoms with van der Waals surface area (Å²) in [4.78, 5) is 0. The van der Waals surface area contributed by atoms with Gasteiger partial charge < -0.3 is 0 Å². The third kappa shape index (κ3) is 3.57. The van der Waals surface area contributed by atoms with Crippen molar-refractivity contribution in [2.45, 2.75) is 0 Å². The van der Waals surface area contributed by atoms with E-state index in [0.717, 1.165) is 5.30 Å². The van der Waals surface area contributed by atoms with Crippen molar-refractivity contribution in [2.24, 2.45) is 0 Å². The van der Waals surface area contributed by atoms with Gasteiger partial charge in [-0.05, 0) is 0 Å². The van der Waals surface area contributed by atoms with Crippen molar-refractivity contribution in [3.8, 4) is 0 Å². The van der Waals surface area contributed by atoms with E-state index < -0.39 is 6.63 Å². The Bertz CT molecular complexity index is 178. The number of benzene rings is 1. The molecule has 1 rings (SSSR count). The first-order valence-corrected chi connectivity index (χ1v) is 5.62. The van der Waals surface area contributed by atoms with Gasteiger partial charge in [0.15, 0.2) is 0 Å². The van der Waals surface area contributed by atoms with Crippen molar-refractivity contribution in [3.05, 3.63) is 30.3 Å². The van der Waals surface area contributed by atoms with Crippen LogP contribution in [0.3, 0.4) is 0 Å². The maximum absolute atomic E-state index is 5.63. The molecule has 0 saturated heterocycles. The Balaban J connectivity index is 0.000000810. The molecule has 50 valence electrons. The molecule has 0 spiro atoms. The summed E-state index contributed by atoms with van der Waals surface area (Å²) in [7, 11) is 0. The first-order chi connectivity index (χ1) is 4.30. The molecule has 0 fully saturated rings. The molecule has 0 aliphatic carbocycles. The van der Waals surface area contributed by atoms with Gasteiger partial charge in [0.25, 0.3) is 0 Å². The molecule has 0 nitrogen and oxygen atoms in total. The second-order valence-electron chi connectivity index (χ2n) is 1.57. The zero-order valence-corrected chi connectivity index (χ0v) is 7.00. The minimum atomic E-state index is -0.951. The summed E-state index contributed by atoms with van der Waals surface area (Å²) in [6.45, 7) is -0.951. The molecule has 10 heavy (non-hydrogen) atoms. The van der Waals surface area contributed by atoms with Crippen LogP contribution in [0.2, 0.25) is 0 Å². The Kier molecular flexibility index (Phi) is 6.54. The minimum absolute atomic E-state index is 0. The van der Waals surface area contributed by atoms with Crippen LogP contribution in [0.25, 0.3) is 0 Å². The van der Waals surface area contributed by atoms with Gasteiger partial charge in [-0.15, -0.1) is 0 Å². The van der Waals surface area contributed by atoms with Gasteiger partial charge in [-0.1, -0.05) is 52.8 Å². The van der Waals surface area contributed by atoms with E-state index >= 15 is 0 Å². The molecule has 0 aliphatic rings. The fourth-order valence-corrected chi connectivity index (χ4v) is 1.61. The van der Waals surface area contributed by atoms with E-state index in [0.29, 0.717) is 0 Å². The molecule has 0 N–H and O–H groups in total. The molecule has 0 atom stereocenters. The van der Waals surface area contributed by atoms with E-state index in [9.17, 15) is 0 Å². The van der Waals surface area contributed by atoms with Gasteiger partial charge in [0.05, 0.1) is 0 Å². The summed E-state index contributed by atoms with van der Waals surface area (Å²) in [6.07, 6.45) is 0. The second kappa shape index (κ2) is 5.83. The number of rotatable bonds is 1. The van der Waals surface area contributed by atoms with Crippen LogP contribution < -0.4 is 5.30 Å². The van der Waals surface area contributed by atoms with Gasteiger partial charge >= 0.3 is 29.6 Å². The van der Waals surface area contributed by atoms with Crippen LogP contribution >= 0.6 is 29.1 Å². The molecule has 4 heteroatoms. The first-order valence-electron chi connectivity index (χ1n) is 2.47. The summed E-state index contributed by atoms with van der Waals surface area (Å²) in [6, 6.07) is 9.64. The first kappa shape index (κ1) is 11.2. The fourth-order valence-electron chi connectivity index (χ4n) is 0.541. The van der Waals surface area contributed by atoms with Crippen LogP contribution in [0.5, 0.6) is 0 Å². The van der Waals surface area contributed by atoms with Crippen molar-refractivity contribution in [1.82, 2.24) is 0 Å². The summed E-state index contributed by atoms with van der Waals surface area (Å²) >= 11 is 11.3. The molecule has 1 aromatic carbocycles. The molecule has 0 aliphatic heterocycles. The van der Waals surface area contributed by atoms with Crippen LogP contribution in [-0.4, -0.2) is 29.6 Å². The van der Waals surface area contributed by atoms with Crippen molar-refractivity contribution in [3.63, 3.8) is 0 Å². The fraction of sp³-hybridized carbons (Fsp3) is 0. The Morgan fingerprint density at radius 2 is 1.50 bits per heavy atom. The predicted molar refractivity (Wildman–Crippen MR) is 51.9 cm³/mol. The molecule has 0 bridgehead atoms. The van der Waals surface area contributed by atoms with Crippen molar-refractivity contribution < 1.29 is 0 Å². The van der Waals surface area contributed by atoms with Crippen molar-refractivity contribution in [1.29, 1.82) is 0 Å². The van der Waals surface area contributed by atoms with Crippen LogP contribution in [0.15, 0.2) is 30.3 Å². The average Bonchev–Trinajstić information content (AvgIpc) is 1.90. The van der Waals surface area contributed by atoms with E-state index in [4.69, 9.17) is 22.5 Å². The van der Waals surface area contributed by atoms with Gasteiger partial charge in [0.1, 0.15) is 6.63 Å². The topological polar surface area (TPSA) is 0 Å². The number of halogens is 2. The van der Waals surface area contributed by atoms with E-state index in [1.807, 2.05) is 30.3 Å². The Morgan fingerprint density at radius 3 is 1.80 bits per heavy atom. The molecule has 0 radical (unpaired) electrons. The van der Waals surface area contributed by atoms with E-state index in [1.165, 1.54) is 0 Å². The van der Waals surface area contributed by atoms with Crippen molar-refractivity contribution in [2.75, 3.05) is 0 Å². The molecule has 1 aromatic rings. The van der Waals surface area contributed by atoms with E-state index in [-0.39, 0.29) is 29.6 Å². The van der Waals surface area contributed by atoms with Gasteiger partial charge in [-0.3, -0.25) is 0 Å². The quantitative estimate of drug-likeness (QED) is 0.485. The summed E-state index contributed by atoms with van der Waals surface area (Å²) in [5.41, 5.74) is 0. The number of hydrogen-bond donors (Lipinski definition) is 0. The molecule has 0 saturated carbocycles. The van der Waals surface area contributed by atoms with Gasteiger partial charge in [0.2, 0.25) is 0 Å². The summed E-state index contributed by atoms with van der Waals surface area (Å²) in [5.74, 6) is 0. The SMILES string of the molecule is ClP(Cl)c1ccccc1.[NaH]. The van der Waals surface area contributed by atoms with E-state index in [2.05, 4.69) is 0 Å². The zero-order chi connectivity index (χ0) is 6.69. The van der Waals surface area contributed by atoms with Crippen LogP contribution in [0.4, 0.5) is 0 Å². The monoisotopic (exact) mass is 202 g/mol. The number of hydrogen-bond acceptors (Lipinski definition) is 0. The predicted octanol–water partition coefficient (Wildman–Crippen LogP) is 2.45. The van der Waals surface area contributed by atoms with Gasteiger partial charge in [-0.2, -0.15) is 0 Å². The Labute approximate surface area is 93.5 Å². The molecule has 0 heterocycles. The molecular formula is C6H6Cl2NaP. The summed E-state index contributed by atoms with van der Waals surface area (Å²) in [5, 5.41) is 1.01. The molecular weight excluding hydrogens is 197 g/mol. The molecule has 0 unspecified atom stereocenters. The van der Waals surface area contributed by atoms with Crippen molar-refractivity contribution >= 4 is 64.0 Å². The van der Waals surface area contributed by atoms with Crippen LogP contribution in [0, 0.1) is 0 Å². The zero-order valence-electron chi connectivity index (χ0n) is 4.59. The summed E-state index contributed by atoms with van der Waals surface area (Å²) < 4.78 is 0. The van der Waals surface area contributed by atoms with Crippen LogP contribution in [-0.2, 0) is 0 Å². The molecule has 0 aromatic heterocycles. The van der Waals surface area contributed by atoms with Gasteiger partial charge in [-0.25, -0.2) is 0 Å². The standard InChI is InChI=1S/C6H5Cl2P.Na.H/c7-9(8)6-4-2-1-3-5-6;;/h1-5H;;. The third-order valence-electron chi connectivity index (χ3n) is 0.951.